The minimum absolute atomic E-state index is 0.0405. The summed E-state index contributed by atoms with van der Waals surface area (Å²) in [6.07, 6.45) is 3.81. The molecule has 0 unspecified atom stereocenters. The maximum atomic E-state index is 13.1. The number of methoxy groups -OCH3 is 1. The molecule has 1 saturated carbocycles. The SMILES string of the molecule is COCCOCCOCCN(C)C(=O)c1cnn(-c2ccc(C)c(Cl)c2)c1C1CC1. The Morgan fingerprint density at radius 2 is 1.90 bits per heavy atom. The number of halogens is 1. The first kappa shape index (κ1) is 22.7. The van der Waals surface area contributed by atoms with Gasteiger partial charge in [-0.05, 0) is 37.5 Å². The first-order valence-electron chi connectivity index (χ1n) is 10.3. The van der Waals surface area contributed by atoms with E-state index in [4.69, 9.17) is 25.8 Å². The van der Waals surface area contributed by atoms with E-state index >= 15 is 0 Å². The third-order valence-corrected chi connectivity index (χ3v) is 5.53. The Hall–Kier alpha value is -1.93. The van der Waals surface area contributed by atoms with Crippen LogP contribution in [0.2, 0.25) is 5.02 Å². The van der Waals surface area contributed by atoms with Crippen LogP contribution in [0.15, 0.2) is 24.4 Å². The summed E-state index contributed by atoms with van der Waals surface area (Å²) in [6, 6.07) is 5.86. The van der Waals surface area contributed by atoms with Gasteiger partial charge in [0, 0.05) is 31.6 Å². The maximum Gasteiger partial charge on any atom is 0.257 e. The van der Waals surface area contributed by atoms with Crippen molar-refractivity contribution in [3.8, 4) is 5.69 Å². The molecule has 1 aliphatic rings. The normalized spacial score (nSPS) is 13.6. The summed E-state index contributed by atoms with van der Waals surface area (Å²) in [7, 11) is 3.43. The number of hydrogen-bond donors (Lipinski definition) is 0. The highest BCUT2D eigenvalue weighted by atomic mass is 35.5. The van der Waals surface area contributed by atoms with E-state index in [1.807, 2.05) is 29.8 Å². The number of likely N-dealkylation sites (N-methyl/N-ethyl adjacent to an activating group) is 1. The summed E-state index contributed by atoms with van der Waals surface area (Å²) in [5.41, 5.74) is 3.52. The summed E-state index contributed by atoms with van der Waals surface area (Å²) >= 11 is 6.30. The van der Waals surface area contributed by atoms with Gasteiger partial charge in [-0.1, -0.05) is 17.7 Å². The van der Waals surface area contributed by atoms with E-state index in [9.17, 15) is 4.79 Å². The molecular weight excluding hydrogens is 406 g/mol. The van der Waals surface area contributed by atoms with Crippen LogP contribution < -0.4 is 0 Å². The third-order valence-electron chi connectivity index (χ3n) is 5.12. The predicted octanol–water partition coefficient (Wildman–Crippen LogP) is 3.46. The number of carbonyl (C=O) groups is 1. The standard InChI is InChI=1S/C22H30ClN3O4/c1-16-4-7-18(14-20(16)23)26-21(17-5-6-17)19(15-24-26)22(27)25(2)8-9-29-12-13-30-11-10-28-3/h4,7,14-15,17H,5-6,8-13H2,1-3H3. The Labute approximate surface area is 182 Å². The number of benzene rings is 1. The molecule has 0 N–H and O–H groups in total. The monoisotopic (exact) mass is 435 g/mol. The van der Waals surface area contributed by atoms with Crippen molar-refractivity contribution in [3.63, 3.8) is 0 Å². The molecular formula is C22H30ClN3O4. The topological polar surface area (TPSA) is 65.8 Å². The van der Waals surface area contributed by atoms with Crippen molar-refractivity contribution < 1.29 is 19.0 Å². The minimum atomic E-state index is -0.0405. The fraction of sp³-hybridized carbons (Fsp3) is 0.545. The van der Waals surface area contributed by atoms with Crippen LogP contribution in [-0.4, -0.2) is 74.3 Å². The number of aryl methyl sites for hydroxylation is 1. The Bertz CT molecular complexity index is 851. The van der Waals surface area contributed by atoms with Gasteiger partial charge in [0.1, 0.15) is 0 Å². The van der Waals surface area contributed by atoms with Gasteiger partial charge in [-0.2, -0.15) is 5.10 Å². The van der Waals surface area contributed by atoms with Crippen molar-refractivity contribution >= 4 is 17.5 Å². The molecule has 1 fully saturated rings. The van der Waals surface area contributed by atoms with Crippen LogP contribution in [0.4, 0.5) is 0 Å². The van der Waals surface area contributed by atoms with Crippen molar-refractivity contribution in [1.29, 1.82) is 0 Å². The van der Waals surface area contributed by atoms with Crippen LogP contribution in [0, 0.1) is 6.92 Å². The highest BCUT2D eigenvalue weighted by Crippen LogP contribution is 2.42. The zero-order chi connectivity index (χ0) is 21.5. The first-order chi connectivity index (χ1) is 14.5. The number of amides is 1. The van der Waals surface area contributed by atoms with Gasteiger partial charge in [-0.15, -0.1) is 0 Å². The summed E-state index contributed by atoms with van der Waals surface area (Å²) in [4.78, 5) is 14.7. The Balaban J connectivity index is 1.59. The molecule has 3 rings (SSSR count). The van der Waals surface area contributed by atoms with Crippen LogP contribution in [0.5, 0.6) is 0 Å². The molecule has 1 amide bonds. The molecule has 8 heteroatoms. The molecule has 7 nitrogen and oxygen atoms in total. The maximum absolute atomic E-state index is 13.1. The molecule has 1 heterocycles. The minimum Gasteiger partial charge on any atom is -0.382 e. The van der Waals surface area contributed by atoms with Crippen LogP contribution in [0.25, 0.3) is 5.69 Å². The van der Waals surface area contributed by atoms with Crippen LogP contribution >= 0.6 is 11.6 Å². The fourth-order valence-corrected chi connectivity index (χ4v) is 3.34. The molecule has 1 aliphatic carbocycles. The number of ether oxygens (including phenoxy) is 3. The molecule has 1 aromatic carbocycles. The average Bonchev–Trinajstić information content (AvgIpc) is 3.49. The number of hydrogen-bond acceptors (Lipinski definition) is 5. The smallest absolute Gasteiger partial charge is 0.257 e. The van der Waals surface area contributed by atoms with Crippen molar-refractivity contribution in [3.05, 3.63) is 46.2 Å². The van der Waals surface area contributed by atoms with Gasteiger partial charge in [0.2, 0.25) is 0 Å². The van der Waals surface area contributed by atoms with Crippen molar-refractivity contribution in [2.24, 2.45) is 0 Å². The van der Waals surface area contributed by atoms with E-state index in [0.29, 0.717) is 56.1 Å². The first-order valence-corrected chi connectivity index (χ1v) is 10.6. The van der Waals surface area contributed by atoms with Crippen molar-refractivity contribution in [1.82, 2.24) is 14.7 Å². The lowest BCUT2D eigenvalue weighted by atomic mass is 10.1. The van der Waals surface area contributed by atoms with Gasteiger partial charge in [-0.3, -0.25) is 4.79 Å². The van der Waals surface area contributed by atoms with Gasteiger partial charge >= 0.3 is 0 Å². The zero-order valence-corrected chi connectivity index (χ0v) is 18.7. The third kappa shape index (κ3) is 5.82. The molecule has 164 valence electrons. The molecule has 1 aromatic heterocycles. The second-order valence-corrected chi connectivity index (χ2v) is 7.91. The number of rotatable bonds is 12. The largest absolute Gasteiger partial charge is 0.382 e. The summed E-state index contributed by atoms with van der Waals surface area (Å²) in [6.45, 7) is 5.05. The van der Waals surface area contributed by atoms with Gasteiger partial charge in [-0.25, -0.2) is 4.68 Å². The van der Waals surface area contributed by atoms with Gasteiger partial charge < -0.3 is 19.1 Å². The van der Waals surface area contributed by atoms with E-state index in [0.717, 1.165) is 29.8 Å². The van der Waals surface area contributed by atoms with Gasteiger partial charge in [0.05, 0.1) is 56.2 Å². The highest BCUT2D eigenvalue weighted by molar-refractivity contribution is 6.31. The molecule has 2 aromatic rings. The number of aromatic nitrogens is 2. The molecule has 0 bridgehead atoms. The molecule has 0 atom stereocenters. The Morgan fingerprint density at radius 1 is 1.20 bits per heavy atom. The lowest BCUT2D eigenvalue weighted by Crippen LogP contribution is -2.31. The van der Waals surface area contributed by atoms with E-state index in [-0.39, 0.29) is 5.91 Å². The Kier molecular flexibility index (Phi) is 8.27. The lowest BCUT2D eigenvalue weighted by molar-refractivity contribution is 0.0206. The Morgan fingerprint density at radius 3 is 2.57 bits per heavy atom. The molecule has 0 saturated heterocycles. The van der Waals surface area contributed by atoms with E-state index in [1.165, 1.54) is 0 Å². The molecule has 0 spiro atoms. The second kappa shape index (κ2) is 10.9. The van der Waals surface area contributed by atoms with Gasteiger partial charge in [0.25, 0.3) is 5.91 Å². The van der Waals surface area contributed by atoms with Crippen molar-refractivity contribution in [2.45, 2.75) is 25.7 Å². The second-order valence-electron chi connectivity index (χ2n) is 7.51. The van der Waals surface area contributed by atoms with Crippen molar-refractivity contribution in [2.75, 3.05) is 53.7 Å². The van der Waals surface area contributed by atoms with E-state index < -0.39 is 0 Å². The fourth-order valence-electron chi connectivity index (χ4n) is 3.16. The zero-order valence-electron chi connectivity index (χ0n) is 17.9. The van der Waals surface area contributed by atoms with Crippen LogP contribution in [-0.2, 0) is 14.2 Å². The van der Waals surface area contributed by atoms with Crippen LogP contribution in [0.3, 0.4) is 0 Å². The molecule has 30 heavy (non-hydrogen) atoms. The predicted molar refractivity (Wildman–Crippen MR) is 116 cm³/mol. The summed E-state index contributed by atoms with van der Waals surface area (Å²) in [5.74, 6) is 0.321. The average molecular weight is 436 g/mol. The van der Waals surface area contributed by atoms with Gasteiger partial charge in [0.15, 0.2) is 0 Å². The van der Waals surface area contributed by atoms with Crippen LogP contribution in [0.1, 0.15) is 40.4 Å². The quantitative estimate of drug-likeness (QED) is 0.477. The summed E-state index contributed by atoms with van der Waals surface area (Å²) < 4.78 is 17.7. The highest BCUT2D eigenvalue weighted by Gasteiger charge is 2.33. The lowest BCUT2D eigenvalue weighted by Gasteiger charge is -2.18. The molecule has 0 radical (unpaired) electrons. The van der Waals surface area contributed by atoms with E-state index in [1.54, 1.807) is 25.3 Å². The molecule has 0 aliphatic heterocycles. The number of carbonyl (C=O) groups excluding carboxylic acids is 1. The summed E-state index contributed by atoms with van der Waals surface area (Å²) in [5, 5.41) is 5.21. The van der Waals surface area contributed by atoms with E-state index in [2.05, 4.69) is 5.10 Å². The number of nitrogens with zero attached hydrogens (tertiary/aromatic N) is 3.